The molecule has 0 bridgehead atoms. The van der Waals surface area contributed by atoms with E-state index in [0.29, 0.717) is 12.6 Å². The summed E-state index contributed by atoms with van der Waals surface area (Å²) in [5, 5.41) is 7.02. The third kappa shape index (κ3) is 4.52. The van der Waals surface area contributed by atoms with E-state index in [4.69, 9.17) is 4.74 Å². The summed E-state index contributed by atoms with van der Waals surface area (Å²) < 4.78 is 7.51. The molecule has 146 valence electrons. The Morgan fingerprint density at radius 1 is 1.14 bits per heavy atom. The smallest absolute Gasteiger partial charge is 0.250 e. The number of amides is 1. The Hall–Kier alpha value is -3.45. The largest absolute Gasteiger partial charge is 0.489 e. The maximum absolute atomic E-state index is 12.2. The summed E-state index contributed by atoms with van der Waals surface area (Å²) in [5.41, 5.74) is 3.05. The predicted molar refractivity (Wildman–Crippen MR) is 115 cm³/mol. The number of thiazole rings is 1. The van der Waals surface area contributed by atoms with Crippen LogP contribution < -0.4 is 10.1 Å². The van der Waals surface area contributed by atoms with Crippen LogP contribution in [-0.2, 0) is 11.4 Å². The number of anilines is 1. The van der Waals surface area contributed by atoms with Crippen molar-refractivity contribution in [2.75, 3.05) is 5.32 Å². The van der Waals surface area contributed by atoms with Crippen LogP contribution in [0.3, 0.4) is 0 Å². The lowest BCUT2D eigenvalue weighted by Crippen LogP contribution is -2.09. The number of aromatic nitrogens is 3. The van der Waals surface area contributed by atoms with E-state index in [1.54, 1.807) is 21.9 Å². The lowest BCUT2D eigenvalue weighted by Gasteiger charge is -2.06. The minimum atomic E-state index is -0.276. The van der Waals surface area contributed by atoms with Crippen LogP contribution in [0.2, 0.25) is 0 Å². The van der Waals surface area contributed by atoms with Crippen molar-refractivity contribution in [1.29, 1.82) is 0 Å². The molecule has 0 spiro atoms. The Morgan fingerprint density at radius 2 is 1.90 bits per heavy atom. The van der Waals surface area contributed by atoms with Gasteiger partial charge in [0.1, 0.15) is 12.4 Å². The summed E-state index contributed by atoms with van der Waals surface area (Å²) in [5.74, 6) is 0.809. The molecule has 7 heteroatoms. The van der Waals surface area contributed by atoms with Crippen LogP contribution in [0.5, 0.6) is 5.75 Å². The van der Waals surface area contributed by atoms with E-state index in [1.165, 1.54) is 6.08 Å². The highest BCUT2D eigenvalue weighted by molar-refractivity contribution is 7.17. The minimum absolute atomic E-state index is 0.276. The SMILES string of the molecule is Cc1sc2nc(NC(=O)/C=C/c3ccc(OCc4ccccc4)cc3)nn2c1C. The average Bonchev–Trinajstić information content (AvgIpc) is 3.24. The first-order valence-electron chi connectivity index (χ1n) is 9.17. The molecular weight excluding hydrogens is 384 g/mol. The van der Waals surface area contributed by atoms with Gasteiger partial charge in [-0.15, -0.1) is 5.10 Å². The van der Waals surface area contributed by atoms with Crippen molar-refractivity contribution >= 4 is 34.2 Å². The topological polar surface area (TPSA) is 68.5 Å². The van der Waals surface area contributed by atoms with Crippen molar-refractivity contribution in [3.63, 3.8) is 0 Å². The van der Waals surface area contributed by atoms with Crippen molar-refractivity contribution < 1.29 is 9.53 Å². The monoisotopic (exact) mass is 404 g/mol. The van der Waals surface area contributed by atoms with E-state index in [0.717, 1.165) is 32.4 Å². The second-order valence-corrected chi connectivity index (χ2v) is 7.72. The van der Waals surface area contributed by atoms with E-state index < -0.39 is 0 Å². The van der Waals surface area contributed by atoms with Gasteiger partial charge in [0.25, 0.3) is 11.9 Å². The molecule has 1 N–H and O–H groups in total. The quantitative estimate of drug-likeness (QED) is 0.476. The van der Waals surface area contributed by atoms with Gasteiger partial charge in [0.05, 0.1) is 5.69 Å². The van der Waals surface area contributed by atoms with E-state index >= 15 is 0 Å². The molecule has 0 atom stereocenters. The van der Waals surface area contributed by atoms with Crippen LogP contribution in [0, 0.1) is 13.8 Å². The number of nitrogens with one attached hydrogen (secondary N) is 1. The van der Waals surface area contributed by atoms with Crippen molar-refractivity contribution in [3.05, 3.63) is 82.4 Å². The van der Waals surface area contributed by atoms with Crippen molar-refractivity contribution in [3.8, 4) is 5.75 Å². The molecule has 2 aromatic heterocycles. The molecular formula is C22H20N4O2S. The Morgan fingerprint density at radius 3 is 2.62 bits per heavy atom. The molecule has 0 saturated heterocycles. The second-order valence-electron chi connectivity index (χ2n) is 6.54. The highest BCUT2D eigenvalue weighted by atomic mass is 32.1. The van der Waals surface area contributed by atoms with Crippen LogP contribution in [0.4, 0.5) is 5.95 Å². The van der Waals surface area contributed by atoms with Crippen LogP contribution in [-0.4, -0.2) is 20.5 Å². The Balaban J connectivity index is 1.33. The Bertz CT molecular complexity index is 1160. The molecule has 0 radical (unpaired) electrons. The van der Waals surface area contributed by atoms with E-state index in [9.17, 15) is 4.79 Å². The zero-order chi connectivity index (χ0) is 20.2. The van der Waals surface area contributed by atoms with Crippen LogP contribution in [0.1, 0.15) is 21.7 Å². The third-order valence-corrected chi connectivity index (χ3v) is 5.49. The van der Waals surface area contributed by atoms with E-state index in [2.05, 4.69) is 15.4 Å². The zero-order valence-electron chi connectivity index (χ0n) is 16.1. The van der Waals surface area contributed by atoms with Gasteiger partial charge in [0.2, 0.25) is 4.96 Å². The molecule has 0 aliphatic heterocycles. The molecule has 4 rings (SSSR count). The fourth-order valence-electron chi connectivity index (χ4n) is 2.74. The number of ether oxygens (including phenoxy) is 1. The van der Waals surface area contributed by atoms with Gasteiger partial charge in [-0.1, -0.05) is 53.8 Å². The highest BCUT2D eigenvalue weighted by Gasteiger charge is 2.11. The molecule has 29 heavy (non-hydrogen) atoms. The standard InChI is InChI=1S/C22H20N4O2S/c1-15-16(2)29-22-24-21(25-26(15)22)23-20(27)13-10-17-8-11-19(12-9-17)28-14-18-6-4-3-5-7-18/h3-13H,14H2,1-2H3,(H,23,25,27)/b13-10+. The molecule has 6 nitrogen and oxygen atoms in total. The molecule has 2 aromatic carbocycles. The van der Waals surface area contributed by atoms with Crippen molar-refractivity contribution in [1.82, 2.24) is 14.6 Å². The number of carbonyl (C=O) groups is 1. The highest BCUT2D eigenvalue weighted by Crippen LogP contribution is 2.21. The summed E-state index contributed by atoms with van der Waals surface area (Å²) in [6, 6.07) is 17.6. The van der Waals surface area contributed by atoms with Crippen LogP contribution in [0.15, 0.2) is 60.7 Å². The first-order valence-corrected chi connectivity index (χ1v) is 9.99. The number of hydrogen-bond donors (Lipinski definition) is 1. The van der Waals surface area contributed by atoms with Gasteiger partial charge in [-0.2, -0.15) is 4.98 Å². The number of carbonyl (C=O) groups excluding carboxylic acids is 1. The lowest BCUT2D eigenvalue weighted by molar-refractivity contribution is -0.111. The maximum atomic E-state index is 12.2. The fraction of sp³-hybridized carbons (Fsp3) is 0.136. The first-order chi connectivity index (χ1) is 14.1. The maximum Gasteiger partial charge on any atom is 0.250 e. The number of benzene rings is 2. The zero-order valence-corrected chi connectivity index (χ0v) is 16.9. The lowest BCUT2D eigenvalue weighted by atomic mass is 10.2. The predicted octanol–water partition coefficient (Wildman–Crippen LogP) is 4.64. The van der Waals surface area contributed by atoms with Gasteiger partial charge >= 0.3 is 0 Å². The van der Waals surface area contributed by atoms with Crippen LogP contribution in [0.25, 0.3) is 11.0 Å². The van der Waals surface area contributed by atoms with Crippen LogP contribution >= 0.6 is 11.3 Å². The van der Waals surface area contributed by atoms with Gasteiger partial charge in [0.15, 0.2) is 0 Å². The van der Waals surface area contributed by atoms with Gasteiger partial charge in [0, 0.05) is 11.0 Å². The molecule has 0 aliphatic rings. The second kappa shape index (κ2) is 8.28. The number of aryl methyl sites for hydroxylation is 2. The summed E-state index contributed by atoms with van der Waals surface area (Å²) in [4.78, 5) is 18.4. The Labute approximate surface area is 172 Å². The van der Waals surface area contributed by atoms with Gasteiger partial charge in [-0.05, 0) is 43.2 Å². The fourth-order valence-corrected chi connectivity index (χ4v) is 3.64. The van der Waals surface area contributed by atoms with E-state index in [1.807, 2.05) is 68.4 Å². The number of rotatable bonds is 6. The van der Waals surface area contributed by atoms with Gasteiger partial charge < -0.3 is 4.74 Å². The summed E-state index contributed by atoms with van der Waals surface area (Å²) in [6.45, 7) is 4.52. The molecule has 0 fully saturated rings. The molecule has 4 aromatic rings. The Kier molecular flexibility index (Phi) is 5.39. The molecule has 0 saturated carbocycles. The number of fused-ring (bicyclic) bond motifs is 1. The number of hydrogen-bond acceptors (Lipinski definition) is 5. The van der Waals surface area contributed by atoms with Gasteiger partial charge in [-0.3, -0.25) is 10.1 Å². The summed E-state index contributed by atoms with van der Waals surface area (Å²) >= 11 is 1.55. The summed E-state index contributed by atoms with van der Waals surface area (Å²) in [7, 11) is 0. The van der Waals surface area contributed by atoms with Crippen molar-refractivity contribution in [2.24, 2.45) is 0 Å². The number of nitrogens with zero attached hydrogens (tertiary/aromatic N) is 3. The normalized spacial score (nSPS) is 11.2. The third-order valence-electron chi connectivity index (χ3n) is 4.44. The molecule has 0 aliphatic carbocycles. The molecule has 1 amide bonds. The van der Waals surface area contributed by atoms with Gasteiger partial charge in [-0.25, -0.2) is 4.52 Å². The minimum Gasteiger partial charge on any atom is -0.489 e. The summed E-state index contributed by atoms with van der Waals surface area (Å²) in [6.07, 6.45) is 3.21. The van der Waals surface area contributed by atoms with Crippen molar-refractivity contribution in [2.45, 2.75) is 20.5 Å². The average molecular weight is 404 g/mol. The first kappa shape index (κ1) is 18.9. The molecule has 0 unspecified atom stereocenters. The van der Waals surface area contributed by atoms with E-state index in [-0.39, 0.29) is 5.91 Å². The molecule has 2 heterocycles.